The fourth-order valence-electron chi connectivity index (χ4n) is 1.53. The van der Waals surface area contributed by atoms with Crippen LogP contribution in [0.5, 0.6) is 0 Å². The van der Waals surface area contributed by atoms with Gasteiger partial charge in [-0.1, -0.05) is 15.9 Å². The first-order valence-corrected chi connectivity index (χ1v) is 6.23. The van der Waals surface area contributed by atoms with Gasteiger partial charge < -0.3 is 9.30 Å². The van der Waals surface area contributed by atoms with Crippen LogP contribution in [0.4, 0.5) is 0 Å². The molecule has 0 aliphatic carbocycles. The van der Waals surface area contributed by atoms with Crippen molar-refractivity contribution in [1.82, 2.24) is 14.5 Å². The third-order valence-electron chi connectivity index (χ3n) is 2.31. The van der Waals surface area contributed by atoms with Crippen LogP contribution in [0.15, 0.2) is 29.0 Å². The molecule has 94 valence electrons. The molecule has 0 fully saturated rings. The number of nitrogens with zero attached hydrogens (tertiary/aromatic N) is 3. The summed E-state index contributed by atoms with van der Waals surface area (Å²) in [6, 6.07) is 3.68. The van der Waals surface area contributed by atoms with E-state index in [2.05, 4.69) is 25.9 Å². The highest BCUT2D eigenvalue weighted by Crippen LogP contribution is 2.19. The largest absolute Gasteiger partial charge is 0.461 e. The first-order chi connectivity index (χ1) is 8.61. The average molecular weight is 310 g/mol. The van der Waals surface area contributed by atoms with E-state index >= 15 is 0 Å². The summed E-state index contributed by atoms with van der Waals surface area (Å²) in [7, 11) is 1.81. The first kappa shape index (κ1) is 12.8. The van der Waals surface area contributed by atoms with Crippen LogP contribution in [0.25, 0.3) is 11.5 Å². The maximum absolute atomic E-state index is 11.6. The second-order valence-corrected chi connectivity index (χ2v) is 4.56. The summed E-state index contributed by atoms with van der Waals surface area (Å²) >= 11 is 3.38. The molecule has 2 aromatic heterocycles. The van der Waals surface area contributed by atoms with E-state index in [4.69, 9.17) is 4.74 Å². The minimum absolute atomic E-state index is 0.288. The molecule has 0 atom stereocenters. The van der Waals surface area contributed by atoms with Gasteiger partial charge in [-0.25, -0.2) is 9.78 Å². The van der Waals surface area contributed by atoms with Gasteiger partial charge in [-0.2, -0.15) is 0 Å². The molecule has 18 heavy (non-hydrogen) atoms. The van der Waals surface area contributed by atoms with Crippen molar-refractivity contribution in [3.8, 4) is 11.5 Å². The third-order valence-corrected chi connectivity index (χ3v) is 2.81. The van der Waals surface area contributed by atoms with E-state index in [1.54, 1.807) is 23.9 Å². The Morgan fingerprint density at radius 2 is 2.33 bits per heavy atom. The number of carbonyl (C=O) groups excluding carboxylic acids is 1. The third kappa shape index (κ3) is 2.59. The Hall–Kier alpha value is -1.69. The Morgan fingerprint density at radius 1 is 1.56 bits per heavy atom. The maximum Gasteiger partial charge on any atom is 0.358 e. The van der Waals surface area contributed by atoms with Gasteiger partial charge in [-0.15, -0.1) is 0 Å². The van der Waals surface area contributed by atoms with Crippen LogP contribution in [0.2, 0.25) is 0 Å². The zero-order chi connectivity index (χ0) is 13.1. The van der Waals surface area contributed by atoms with Crippen LogP contribution >= 0.6 is 15.9 Å². The molecule has 0 saturated carbocycles. The summed E-state index contributed by atoms with van der Waals surface area (Å²) in [5.74, 6) is 0.202. The maximum atomic E-state index is 11.6. The van der Waals surface area contributed by atoms with Gasteiger partial charge in [0.25, 0.3) is 0 Å². The predicted octanol–water partition coefficient (Wildman–Crippen LogP) is 2.42. The van der Waals surface area contributed by atoms with Crippen molar-refractivity contribution in [2.24, 2.45) is 7.05 Å². The Bertz CT molecular complexity index is 580. The summed E-state index contributed by atoms with van der Waals surface area (Å²) in [6.45, 7) is 2.09. The highest BCUT2D eigenvalue weighted by atomic mass is 79.9. The van der Waals surface area contributed by atoms with E-state index < -0.39 is 5.97 Å². The van der Waals surface area contributed by atoms with Gasteiger partial charge in [0.1, 0.15) is 5.69 Å². The van der Waals surface area contributed by atoms with E-state index in [-0.39, 0.29) is 5.69 Å². The van der Waals surface area contributed by atoms with Crippen LogP contribution in [0.3, 0.4) is 0 Å². The molecule has 6 heteroatoms. The lowest BCUT2D eigenvalue weighted by molar-refractivity contribution is 0.0520. The Kier molecular flexibility index (Phi) is 3.76. The number of pyridine rings is 1. The normalized spacial score (nSPS) is 10.4. The van der Waals surface area contributed by atoms with E-state index in [1.807, 2.05) is 19.2 Å². The predicted molar refractivity (Wildman–Crippen MR) is 70.1 cm³/mol. The zero-order valence-electron chi connectivity index (χ0n) is 10.1. The fraction of sp³-hybridized carbons (Fsp3) is 0.250. The number of halogens is 1. The fourth-order valence-corrected chi connectivity index (χ4v) is 1.87. The molecule has 2 aromatic rings. The molecule has 0 bridgehead atoms. The summed E-state index contributed by atoms with van der Waals surface area (Å²) < 4.78 is 7.57. The van der Waals surface area contributed by atoms with Crippen molar-refractivity contribution in [2.45, 2.75) is 6.92 Å². The van der Waals surface area contributed by atoms with Crippen LogP contribution in [-0.2, 0) is 11.8 Å². The number of rotatable bonds is 3. The molecule has 5 nitrogen and oxygen atoms in total. The number of hydrogen-bond acceptors (Lipinski definition) is 4. The minimum Gasteiger partial charge on any atom is -0.461 e. The van der Waals surface area contributed by atoms with Crippen molar-refractivity contribution in [2.75, 3.05) is 6.61 Å². The molecular formula is C12H12BrN3O2. The number of aryl methyl sites for hydroxylation is 1. The molecule has 0 saturated heterocycles. The second-order valence-electron chi connectivity index (χ2n) is 3.64. The topological polar surface area (TPSA) is 57.0 Å². The second kappa shape index (κ2) is 5.30. The van der Waals surface area contributed by atoms with Gasteiger partial charge in [0.2, 0.25) is 0 Å². The summed E-state index contributed by atoms with van der Waals surface area (Å²) in [6.07, 6.45) is 3.31. The highest BCUT2D eigenvalue weighted by Gasteiger charge is 2.15. The van der Waals surface area contributed by atoms with E-state index in [0.29, 0.717) is 18.1 Å². The number of esters is 1. The Morgan fingerprint density at radius 3 is 3.00 bits per heavy atom. The van der Waals surface area contributed by atoms with Crippen molar-refractivity contribution in [3.05, 3.63) is 34.7 Å². The van der Waals surface area contributed by atoms with Gasteiger partial charge in [-0.3, -0.25) is 4.98 Å². The van der Waals surface area contributed by atoms with Crippen molar-refractivity contribution >= 4 is 21.9 Å². The zero-order valence-corrected chi connectivity index (χ0v) is 11.6. The average Bonchev–Trinajstić information content (AvgIpc) is 2.72. The van der Waals surface area contributed by atoms with Crippen LogP contribution in [0, 0.1) is 0 Å². The minimum atomic E-state index is -0.422. The van der Waals surface area contributed by atoms with Crippen molar-refractivity contribution in [3.63, 3.8) is 0 Å². The van der Waals surface area contributed by atoms with E-state index in [9.17, 15) is 4.79 Å². The van der Waals surface area contributed by atoms with Crippen LogP contribution in [0.1, 0.15) is 17.4 Å². The molecule has 2 heterocycles. The molecule has 0 unspecified atom stereocenters. The van der Waals surface area contributed by atoms with Gasteiger partial charge in [0.15, 0.2) is 11.5 Å². The number of hydrogen-bond donors (Lipinski definition) is 0. The summed E-state index contributed by atoms with van der Waals surface area (Å²) in [5.41, 5.74) is 0.985. The monoisotopic (exact) mass is 309 g/mol. The van der Waals surface area contributed by atoms with Gasteiger partial charge in [-0.05, 0) is 19.1 Å². The lowest BCUT2D eigenvalue weighted by atomic mass is 10.3. The van der Waals surface area contributed by atoms with Crippen molar-refractivity contribution < 1.29 is 9.53 Å². The quantitative estimate of drug-likeness (QED) is 0.817. The molecule has 2 rings (SSSR count). The van der Waals surface area contributed by atoms with E-state index in [0.717, 1.165) is 4.47 Å². The van der Waals surface area contributed by atoms with Gasteiger partial charge in [0.05, 0.1) is 6.61 Å². The molecule has 0 N–H and O–H groups in total. The Labute approximate surface area is 113 Å². The molecule has 0 radical (unpaired) electrons. The number of ether oxygens (including phenoxy) is 1. The summed E-state index contributed by atoms with van der Waals surface area (Å²) in [4.78, 5) is 20.0. The molecular weight excluding hydrogens is 298 g/mol. The molecule has 0 aliphatic rings. The van der Waals surface area contributed by atoms with Gasteiger partial charge >= 0.3 is 5.97 Å². The first-order valence-electron chi connectivity index (χ1n) is 5.44. The molecule has 0 aliphatic heterocycles. The van der Waals surface area contributed by atoms with Crippen LogP contribution in [-0.4, -0.2) is 27.1 Å². The number of imidazole rings is 1. The van der Waals surface area contributed by atoms with Gasteiger partial charge in [0, 0.05) is 23.9 Å². The van der Waals surface area contributed by atoms with Crippen molar-refractivity contribution in [1.29, 1.82) is 0 Å². The smallest absolute Gasteiger partial charge is 0.358 e. The molecule has 0 amide bonds. The van der Waals surface area contributed by atoms with Crippen LogP contribution < -0.4 is 0 Å². The standard InChI is InChI=1S/C12H12BrN3O2/c1-3-18-12(17)10-7-16(2)11(15-10)9-6-8(13)4-5-14-9/h4-7H,3H2,1-2H3. The summed E-state index contributed by atoms with van der Waals surface area (Å²) in [5, 5.41) is 0. The SMILES string of the molecule is CCOC(=O)c1cn(C)c(-c2cc(Br)ccn2)n1. The van der Waals surface area contributed by atoms with E-state index in [1.165, 1.54) is 0 Å². The number of aromatic nitrogens is 3. The highest BCUT2D eigenvalue weighted by molar-refractivity contribution is 9.10. The number of carbonyl (C=O) groups is 1. The lowest BCUT2D eigenvalue weighted by Gasteiger charge is -2.00. The molecule has 0 aromatic carbocycles. The Balaban J connectivity index is 2.38. The lowest BCUT2D eigenvalue weighted by Crippen LogP contribution is -2.04. The molecule has 0 spiro atoms.